The molecule has 1 fully saturated rings. The van der Waals surface area contributed by atoms with E-state index >= 15 is 0 Å². The van der Waals surface area contributed by atoms with Gasteiger partial charge < -0.3 is 43.2 Å². The van der Waals surface area contributed by atoms with Crippen molar-refractivity contribution in [2.75, 3.05) is 13.1 Å². The van der Waals surface area contributed by atoms with E-state index in [1.54, 1.807) is 44.2 Å². The topological polar surface area (TPSA) is 247 Å². The predicted molar refractivity (Wildman–Crippen MR) is 148 cm³/mol. The highest BCUT2D eigenvalue weighted by atomic mass is 16.4. The van der Waals surface area contributed by atoms with Crippen LogP contribution < -0.4 is 38.1 Å². The van der Waals surface area contributed by atoms with Crippen molar-refractivity contribution in [3.8, 4) is 0 Å². The van der Waals surface area contributed by atoms with Crippen LogP contribution in [0.1, 0.15) is 38.7 Å². The van der Waals surface area contributed by atoms with E-state index < -0.39 is 78.6 Å². The number of aliphatic carboxylic acids is 1. The average molecular weight is 575 g/mol. The zero-order valence-corrected chi connectivity index (χ0v) is 23.0. The van der Waals surface area contributed by atoms with Gasteiger partial charge in [-0.25, -0.2) is 0 Å². The maximum absolute atomic E-state index is 13.4. The summed E-state index contributed by atoms with van der Waals surface area (Å²) in [5, 5.41) is 21.8. The molecule has 0 saturated carbocycles. The molecule has 1 aromatic carbocycles. The molecule has 1 unspecified atom stereocenters. The van der Waals surface area contributed by atoms with Crippen molar-refractivity contribution in [2.24, 2.45) is 22.4 Å². The van der Waals surface area contributed by atoms with Crippen LogP contribution in [-0.4, -0.2) is 83.8 Å². The fourth-order valence-corrected chi connectivity index (χ4v) is 4.07. The van der Waals surface area contributed by atoms with Gasteiger partial charge in [-0.05, 0) is 24.3 Å². The van der Waals surface area contributed by atoms with E-state index in [9.17, 15) is 33.9 Å². The van der Waals surface area contributed by atoms with Gasteiger partial charge >= 0.3 is 5.97 Å². The van der Waals surface area contributed by atoms with Crippen molar-refractivity contribution in [1.29, 1.82) is 0 Å². The smallest absolute Gasteiger partial charge is 0.305 e. The Balaban J connectivity index is 2.43. The van der Waals surface area contributed by atoms with Crippen molar-refractivity contribution < 1.29 is 33.9 Å². The quantitative estimate of drug-likeness (QED) is 0.0879. The van der Waals surface area contributed by atoms with E-state index in [1.165, 1.54) is 0 Å². The number of nitrogens with zero attached hydrogens (tertiary/aromatic N) is 1. The van der Waals surface area contributed by atoms with E-state index in [0.717, 1.165) is 0 Å². The highest BCUT2D eigenvalue weighted by molar-refractivity contribution is 5.98. The lowest BCUT2D eigenvalue weighted by Gasteiger charge is -2.27. The Bertz CT molecular complexity index is 1140. The minimum Gasteiger partial charge on any atom is -0.481 e. The van der Waals surface area contributed by atoms with Crippen molar-refractivity contribution >= 4 is 41.5 Å². The van der Waals surface area contributed by atoms with Crippen LogP contribution in [0.5, 0.6) is 0 Å². The lowest BCUT2D eigenvalue weighted by molar-refractivity contribution is -0.141. The second kappa shape index (κ2) is 15.8. The molecule has 4 atom stereocenters. The minimum absolute atomic E-state index is 0.0199. The normalized spacial score (nSPS) is 22.7. The van der Waals surface area contributed by atoms with Gasteiger partial charge in [0.15, 0.2) is 5.96 Å². The van der Waals surface area contributed by atoms with E-state index in [-0.39, 0.29) is 25.3 Å². The molecular weight excluding hydrogens is 536 g/mol. The molecule has 224 valence electrons. The van der Waals surface area contributed by atoms with Gasteiger partial charge in [-0.3, -0.25) is 33.8 Å². The number of carboxylic acid groups (broad SMARTS) is 1. The van der Waals surface area contributed by atoms with Crippen molar-refractivity contribution in [2.45, 2.75) is 63.7 Å². The van der Waals surface area contributed by atoms with Crippen LogP contribution in [-0.2, 0) is 35.2 Å². The molecule has 0 aliphatic carbocycles. The Morgan fingerprint density at radius 1 is 0.902 bits per heavy atom. The number of carbonyl (C=O) groups excluding carboxylic acids is 5. The number of nitrogens with one attached hydrogen (secondary N) is 5. The molecule has 1 aliphatic rings. The van der Waals surface area contributed by atoms with Crippen molar-refractivity contribution in [3.63, 3.8) is 0 Å². The molecule has 10 N–H and O–H groups in total. The standard InChI is InChI=1S/C26H38N8O7/c1-14(2)21-25(41)32-16(9-6-10-29-26(27)28)22(38)30-13-19(35)31-18(12-20(36)37)23(39)33-17(24(40)34-21)11-15-7-4-3-5-8-15/h3-5,7-8,14,16-18,21H,6,9-13H2,1-2H3,(H,30,38)(H,31,35)(H,32,41)(H,33,39)(H,34,40)(H,36,37)(H4,27,28,29)/t16-,17-,18+,21?/m0/s1. The van der Waals surface area contributed by atoms with Crippen LogP contribution in [0.4, 0.5) is 0 Å². The average Bonchev–Trinajstić information content (AvgIpc) is 2.90. The fraction of sp³-hybridized carbons (Fsp3) is 0.500. The summed E-state index contributed by atoms with van der Waals surface area (Å²) < 4.78 is 0. The molecular formula is C26H38N8O7. The number of carbonyl (C=O) groups is 6. The number of hydrogen-bond acceptors (Lipinski definition) is 7. The van der Waals surface area contributed by atoms with Crippen LogP contribution in [0.2, 0.25) is 0 Å². The molecule has 15 nitrogen and oxygen atoms in total. The first-order chi connectivity index (χ1) is 19.4. The van der Waals surface area contributed by atoms with Gasteiger partial charge in [0.25, 0.3) is 0 Å². The van der Waals surface area contributed by atoms with Gasteiger partial charge in [-0.15, -0.1) is 0 Å². The first-order valence-corrected chi connectivity index (χ1v) is 13.2. The maximum atomic E-state index is 13.4. The molecule has 1 heterocycles. The zero-order chi connectivity index (χ0) is 30.5. The lowest BCUT2D eigenvalue weighted by atomic mass is 10.00. The van der Waals surface area contributed by atoms with Gasteiger partial charge in [0, 0.05) is 13.0 Å². The molecule has 5 amide bonds. The molecule has 1 saturated heterocycles. The Morgan fingerprint density at radius 2 is 1.54 bits per heavy atom. The number of guanidine groups is 1. The molecule has 0 spiro atoms. The van der Waals surface area contributed by atoms with Crippen LogP contribution in [0.15, 0.2) is 35.3 Å². The lowest BCUT2D eigenvalue weighted by Crippen LogP contribution is -2.59. The largest absolute Gasteiger partial charge is 0.481 e. The fourth-order valence-electron chi connectivity index (χ4n) is 4.07. The molecule has 15 heteroatoms. The van der Waals surface area contributed by atoms with E-state index in [4.69, 9.17) is 11.5 Å². The third-order valence-electron chi connectivity index (χ3n) is 6.19. The SMILES string of the molecule is CC(C)C1NC(=O)[C@H](Cc2ccccc2)NC(=O)[C@@H](CC(=O)O)NC(=O)CNC(=O)[C@H](CCCN=C(N)N)NC1=O. The number of amides is 5. The van der Waals surface area contributed by atoms with Crippen molar-refractivity contribution in [3.05, 3.63) is 35.9 Å². The van der Waals surface area contributed by atoms with Crippen LogP contribution in [0, 0.1) is 5.92 Å². The summed E-state index contributed by atoms with van der Waals surface area (Å²) >= 11 is 0. The summed E-state index contributed by atoms with van der Waals surface area (Å²) in [6.45, 7) is 2.98. The number of hydrogen-bond donors (Lipinski definition) is 8. The minimum atomic E-state index is -1.54. The van der Waals surface area contributed by atoms with E-state index in [1.807, 2.05) is 0 Å². The van der Waals surface area contributed by atoms with E-state index in [2.05, 4.69) is 31.6 Å². The molecule has 1 aromatic rings. The monoisotopic (exact) mass is 574 g/mol. The van der Waals surface area contributed by atoms with Gasteiger partial charge in [0.05, 0.1) is 13.0 Å². The summed E-state index contributed by atoms with van der Waals surface area (Å²) in [6.07, 6.45) is -0.341. The van der Waals surface area contributed by atoms with Gasteiger partial charge in [0.1, 0.15) is 24.2 Å². The van der Waals surface area contributed by atoms with Gasteiger partial charge in [-0.1, -0.05) is 44.2 Å². The number of nitrogens with two attached hydrogens (primary N) is 2. The van der Waals surface area contributed by atoms with Gasteiger partial charge in [-0.2, -0.15) is 0 Å². The number of carboxylic acids is 1. The number of aliphatic imine (C=N–C) groups is 1. The number of rotatable bonds is 9. The highest BCUT2D eigenvalue weighted by Gasteiger charge is 2.34. The summed E-state index contributed by atoms with van der Waals surface area (Å²) in [5.41, 5.74) is 11.4. The third kappa shape index (κ3) is 11.1. The van der Waals surface area contributed by atoms with Crippen LogP contribution in [0.25, 0.3) is 0 Å². The van der Waals surface area contributed by atoms with Gasteiger partial charge in [0.2, 0.25) is 29.5 Å². The molecule has 0 radical (unpaired) electrons. The highest BCUT2D eigenvalue weighted by Crippen LogP contribution is 2.09. The Hall–Kier alpha value is -4.69. The maximum Gasteiger partial charge on any atom is 0.305 e. The molecule has 0 bridgehead atoms. The zero-order valence-electron chi connectivity index (χ0n) is 23.0. The first-order valence-electron chi connectivity index (χ1n) is 13.2. The Morgan fingerprint density at radius 3 is 2.15 bits per heavy atom. The first kappa shape index (κ1) is 32.5. The Kier molecular flexibility index (Phi) is 12.5. The second-order valence-electron chi connectivity index (χ2n) is 9.93. The van der Waals surface area contributed by atoms with Crippen LogP contribution >= 0.6 is 0 Å². The second-order valence-corrected chi connectivity index (χ2v) is 9.93. The summed E-state index contributed by atoms with van der Waals surface area (Å²) in [5.74, 6) is -5.75. The molecule has 1 aliphatic heterocycles. The van der Waals surface area contributed by atoms with E-state index in [0.29, 0.717) is 12.0 Å². The molecule has 0 aromatic heterocycles. The molecule has 41 heavy (non-hydrogen) atoms. The van der Waals surface area contributed by atoms with Crippen LogP contribution in [0.3, 0.4) is 0 Å². The summed E-state index contributed by atoms with van der Waals surface area (Å²) in [6, 6.07) is 3.79. The predicted octanol–water partition coefficient (Wildman–Crippen LogP) is -2.52. The third-order valence-corrected chi connectivity index (χ3v) is 6.19. The Labute approximate surface area is 237 Å². The van der Waals surface area contributed by atoms with Crippen molar-refractivity contribution in [1.82, 2.24) is 26.6 Å². The summed E-state index contributed by atoms with van der Waals surface area (Å²) in [4.78, 5) is 80.7. The molecule has 2 rings (SSSR count). The number of benzene rings is 1. The summed E-state index contributed by atoms with van der Waals surface area (Å²) in [7, 11) is 0.